The summed E-state index contributed by atoms with van der Waals surface area (Å²) in [5.41, 5.74) is 0.236. The van der Waals surface area contributed by atoms with Gasteiger partial charge in [-0.2, -0.15) is 9.37 Å². The zero-order chi connectivity index (χ0) is 22.8. The van der Waals surface area contributed by atoms with Crippen molar-refractivity contribution in [1.82, 2.24) is 14.5 Å². The van der Waals surface area contributed by atoms with E-state index in [-0.39, 0.29) is 28.8 Å². The van der Waals surface area contributed by atoms with E-state index in [0.29, 0.717) is 0 Å². The Morgan fingerprint density at radius 3 is 2.72 bits per heavy atom. The number of esters is 1. The van der Waals surface area contributed by atoms with Crippen molar-refractivity contribution >= 4 is 34.2 Å². The lowest BCUT2D eigenvalue weighted by atomic mass is 10.2. The summed E-state index contributed by atoms with van der Waals surface area (Å²) < 4.78 is 25.6. The number of nitro groups is 1. The summed E-state index contributed by atoms with van der Waals surface area (Å²) in [5, 5.41) is 14.8. The fourth-order valence-electron chi connectivity index (χ4n) is 3.21. The molecule has 0 unspecified atom stereocenters. The highest BCUT2D eigenvalue weighted by Gasteiger charge is 2.22. The number of methoxy groups -OCH3 is 2. The van der Waals surface area contributed by atoms with E-state index in [1.165, 1.54) is 20.4 Å². The Bertz CT molecular complexity index is 1350. The highest BCUT2D eigenvalue weighted by atomic mass is 19.1. The van der Waals surface area contributed by atoms with Gasteiger partial charge in [0.1, 0.15) is 11.3 Å². The molecule has 0 atom stereocenters. The molecule has 2 aromatic heterocycles. The normalized spacial score (nSPS) is 10.7. The average molecular weight is 437 g/mol. The quantitative estimate of drug-likeness (QED) is 0.273. The van der Waals surface area contributed by atoms with Crippen molar-refractivity contribution in [3.05, 3.63) is 76.4 Å². The highest BCUT2D eigenvalue weighted by molar-refractivity contribution is 5.94. The maximum atomic E-state index is 14.0. The number of para-hydroxylation sites is 1. The molecule has 4 rings (SSSR count). The average Bonchev–Trinajstić information content (AvgIpc) is 3.23. The lowest BCUT2D eigenvalue weighted by molar-refractivity contribution is -0.387. The molecule has 0 aliphatic heterocycles. The van der Waals surface area contributed by atoms with Crippen LogP contribution < -0.4 is 10.1 Å². The van der Waals surface area contributed by atoms with Crippen LogP contribution in [0.3, 0.4) is 0 Å². The van der Waals surface area contributed by atoms with E-state index in [2.05, 4.69) is 15.3 Å². The zero-order valence-corrected chi connectivity index (χ0v) is 16.9. The molecule has 0 aliphatic carbocycles. The fourth-order valence-corrected chi connectivity index (χ4v) is 3.21. The SMILES string of the molecule is COC(=O)c1cnc(Nc2cc([N+](=O)[O-])c(F)cc2OC)nc1-n1ccc2ccccc21. The number of carbonyl (C=O) groups is 1. The van der Waals surface area contributed by atoms with E-state index in [1.807, 2.05) is 30.3 Å². The molecule has 0 radical (unpaired) electrons. The number of rotatable bonds is 6. The van der Waals surface area contributed by atoms with Crippen molar-refractivity contribution < 1.29 is 23.6 Å². The van der Waals surface area contributed by atoms with Crippen molar-refractivity contribution in [3.8, 4) is 11.6 Å². The summed E-state index contributed by atoms with van der Waals surface area (Å²) in [6.07, 6.45) is 3.02. The Morgan fingerprint density at radius 2 is 2.00 bits per heavy atom. The smallest absolute Gasteiger partial charge is 0.343 e. The fraction of sp³-hybridized carbons (Fsp3) is 0.0952. The van der Waals surface area contributed by atoms with Gasteiger partial charge in [0, 0.05) is 24.5 Å². The number of fused-ring (bicyclic) bond motifs is 1. The molecule has 2 heterocycles. The maximum absolute atomic E-state index is 14.0. The first-order valence-corrected chi connectivity index (χ1v) is 9.23. The number of anilines is 2. The van der Waals surface area contributed by atoms with Crippen molar-refractivity contribution in [3.63, 3.8) is 0 Å². The number of benzene rings is 2. The standard InChI is InChI=1S/C21H16FN5O5/c1-31-18-9-14(22)17(27(29)30)10-15(18)24-21-23-11-13(20(28)32-2)19(25-21)26-8-7-12-5-3-4-6-16(12)26/h3-11H,1-2H3,(H,23,24,25). The van der Waals surface area contributed by atoms with Crippen LogP contribution in [0.2, 0.25) is 0 Å². The second kappa shape index (κ2) is 8.30. The van der Waals surface area contributed by atoms with Gasteiger partial charge in [-0.3, -0.25) is 10.1 Å². The minimum absolute atomic E-state index is 0.00430. The van der Waals surface area contributed by atoms with Crippen LogP contribution in [0.1, 0.15) is 10.4 Å². The Morgan fingerprint density at radius 1 is 1.22 bits per heavy atom. The van der Waals surface area contributed by atoms with E-state index in [0.717, 1.165) is 23.0 Å². The van der Waals surface area contributed by atoms with Crippen LogP contribution in [0.4, 0.5) is 21.7 Å². The lowest BCUT2D eigenvalue weighted by Gasteiger charge is -2.13. The molecule has 0 fully saturated rings. The number of ether oxygens (including phenoxy) is 2. The largest absolute Gasteiger partial charge is 0.494 e. The monoisotopic (exact) mass is 437 g/mol. The van der Waals surface area contributed by atoms with Crippen LogP contribution in [0.25, 0.3) is 16.7 Å². The first-order chi connectivity index (χ1) is 15.4. The van der Waals surface area contributed by atoms with E-state index < -0.39 is 22.4 Å². The summed E-state index contributed by atoms with van der Waals surface area (Å²) in [7, 11) is 2.54. The molecule has 0 aliphatic rings. The molecule has 4 aromatic rings. The molecule has 11 heteroatoms. The van der Waals surface area contributed by atoms with Gasteiger partial charge in [0.2, 0.25) is 11.8 Å². The van der Waals surface area contributed by atoms with Crippen molar-refractivity contribution in [2.24, 2.45) is 0 Å². The Balaban J connectivity index is 1.84. The minimum Gasteiger partial charge on any atom is -0.494 e. The molecule has 32 heavy (non-hydrogen) atoms. The maximum Gasteiger partial charge on any atom is 0.343 e. The predicted octanol–water partition coefficient (Wildman–Crippen LogP) is 4.01. The predicted molar refractivity (Wildman–Crippen MR) is 113 cm³/mol. The van der Waals surface area contributed by atoms with Gasteiger partial charge in [-0.25, -0.2) is 9.78 Å². The van der Waals surface area contributed by atoms with Gasteiger partial charge >= 0.3 is 11.7 Å². The number of aromatic nitrogens is 3. The molecule has 1 N–H and O–H groups in total. The van der Waals surface area contributed by atoms with Gasteiger partial charge in [0.05, 0.1) is 30.3 Å². The Hall–Kier alpha value is -4.54. The van der Waals surface area contributed by atoms with Crippen LogP contribution in [0.15, 0.2) is 54.9 Å². The third-order valence-electron chi connectivity index (χ3n) is 4.71. The number of hydrogen-bond donors (Lipinski definition) is 1. The van der Waals surface area contributed by atoms with Crippen LogP contribution in [0.5, 0.6) is 5.75 Å². The number of hydrogen-bond acceptors (Lipinski definition) is 8. The van der Waals surface area contributed by atoms with Gasteiger partial charge in [0.15, 0.2) is 5.82 Å². The molecular weight excluding hydrogens is 421 g/mol. The molecule has 0 saturated carbocycles. The summed E-state index contributed by atoms with van der Waals surface area (Å²) >= 11 is 0. The summed E-state index contributed by atoms with van der Waals surface area (Å²) in [6.45, 7) is 0. The van der Waals surface area contributed by atoms with E-state index in [1.54, 1.807) is 10.8 Å². The molecule has 0 bridgehead atoms. The first kappa shape index (κ1) is 20.7. The third kappa shape index (κ3) is 3.67. The van der Waals surface area contributed by atoms with Gasteiger partial charge in [-0.15, -0.1) is 0 Å². The molecular formula is C21H16FN5O5. The summed E-state index contributed by atoms with van der Waals surface area (Å²) in [6, 6.07) is 11.2. The van der Waals surface area contributed by atoms with Crippen molar-refractivity contribution in [1.29, 1.82) is 0 Å². The Kier molecular flexibility index (Phi) is 5.37. The molecule has 0 saturated heterocycles. The van der Waals surface area contributed by atoms with Crippen LogP contribution in [0, 0.1) is 15.9 Å². The number of nitrogens with one attached hydrogen (secondary N) is 1. The van der Waals surface area contributed by atoms with E-state index in [4.69, 9.17) is 9.47 Å². The first-order valence-electron chi connectivity index (χ1n) is 9.23. The van der Waals surface area contributed by atoms with Gasteiger partial charge < -0.3 is 19.4 Å². The number of halogens is 1. The van der Waals surface area contributed by atoms with Gasteiger partial charge in [0.25, 0.3) is 0 Å². The topological polar surface area (TPSA) is 121 Å². The van der Waals surface area contributed by atoms with Crippen molar-refractivity contribution in [2.75, 3.05) is 19.5 Å². The molecule has 10 nitrogen and oxygen atoms in total. The number of carbonyl (C=O) groups excluding carboxylic acids is 1. The number of nitro benzene ring substituents is 1. The van der Waals surface area contributed by atoms with E-state index in [9.17, 15) is 19.3 Å². The Labute approximate surface area is 180 Å². The van der Waals surface area contributed by atoms with Gasteiger partial charge in [-0.05, 0) is 17.5 Å². The number of nitrogens with zero attached hydrogens (tertiary/aromatic N) is 4. The third-order valence-corrected chi connectivity index (χ3v) is 4.71. The molecule has 162 valence electrons. The second-order valence-electron chi connectivity index (χ2n) is 6.55. The van der Waals surface area contributed by atoms with Gasteiger partial charge in [-0.1, -0.05) is 18.2 Å². The van der Waals surface area contributed by atoms with Crippen LogP contribution in [-0.2, 0) is 4.74 Å². The van der Waals surface area contributed by atoms with E-state index >= 15 is 0 Å². The molecule has 0 spiro atoms. The second-order valence-corrected chi connectivity index (χ2v) is 6.55. The molecule has 2 aromatic carbocycles. The lowest BCUT2D eigenvalue weighted by Crippen LogP contribution is -2.12. The van der Waals surface area contributed by atoms with Crippen molar-refractivity contribution in [2.45, 2.75) is 0 Å². The molecule has 0 amide bonds. The summed E-state index contributed by atoms with van der Waals surface area (Å²) in [4.78, 5) is 31.1. The summed E-state index contributed by atoms with van der Waals surface area (Å²) in [5.74, 6) is -1.43. The zero-order valence-electron chi connectivity index (χ0n) is 16.9. The highest BCUT2D eigenvalue weighted by Crippen LogP contribution is 2.33. The minimum atomic E-state index is -1.04. The van der Waals surface area contributed by atoms with Crippen LogP contribution >= 0.6 is 0 Å². The van der Waals surface area contributed by atoms with Crippen LogP contribution in [-0.4, -0.2) is 39.6 Å².